The minimum Gasteiger partial charge on any atom is -0.494 e. The van der Waals surface area contributed by atoms with Crippen LogP contribution in [-0.4, -0.2) is 12.4 Å². The number of halogens is 1. The van der Waals surface area contributed by atoms with Gasteiger partial charge in [0.05, 0.1) is 19.1 Å². The minimum atomic E-state index is -0.723. The molecular weight excluding hydrogens is 238 g/mol. The molecule has 1 unspecified atom stereocenters. The Labute approximate surface area is 106 Å². The highest BCUT2D eigenvalue weighted by Gasteiger charge is 2.19. The molecule has 3 nitrogen and oxygen atoms in total. The molecule has 0 amide bonds. The first kappa shape index (κ1) is 13.5. The first-order valence-corrected chi connectivity index (χ1v) is 5.81. The van der Waals surface area contributed by atoms with Crippen LogP contribution in [0.3, 0.4) is 0 Å². The van der Waals surface area contributed by atoms with Gasteiger partial charge in [-0.05, 0) is 25.5 Å². The second kappa shape index (κ2) is 6.27. The average molecular weight is 252 g/mol. The number of nitriles is 1. The van der Waals surface area contributed by atoms with Crippen LogP contribution in [0.5, 0.6) is 5.75 Å². The zero-order valence-electron chi connectivity index (χ0n) is 9.87. The molecule has 0 saturated carbocycles. The minimum absolute atomic E-state index is 0.139. The Morgan fingerprint density at radius 2 is 2.29 bits per heavy atom. The van der Waals surface area contributed by atoms with E-state index < -0.39 is 5.38 Å². The Kier molecular flexibility index (Phi) is 4.99. The summed E-state index contributed by atoms with van der Waals surface area (Å²) in [6.07, 6.45) is 0.183. The Hall–Kier alpha value is -1.53. The fourth-order valence-corrected chi connectivity index (χ4v) is 1.80. The largest absolute Gasteiger partial charge is 0.494 e. The van der Waals surface area contributed by atoms with E-state index in [1.807, 2.05) is 6.92 Å². The van der Waals surface area contributed by atoms with Crippen molar-refractivity contribution in [3.63, 3.8) is 0 Å². The van der Waals surface area contributed by atoms with Gasteiger partial charge in [-0.3, -0.25) is 4.79 Å². The molecule has 0 fully saturated rings. The van der Waals surface area contributed by atoms with Gasteiger partial charge in [0.15, 0.2) is 5.78 Å². The molecule has 1 rings (SSSR count). The predicted molar refractivity (Wildman–Crippen MR) is 66.2 cm³/mol. The normalized spacial score (nSPS) is 11.6. The maximum atomic E-state index is 11.3. The van der Waals surface area contributed by atoms with Gasteiger partial charge in [-0.2, -0.15) is 5.26 Å². The summed E-state index contributed by atoms with van der Waals surface area (Å²) in [4.78, 5) is 11.3. The van der Waals surface area contributed by atoms with Gasteiger partial charge in [0.25, 0.3) is 0 Å². The number of carbonyl (C=O) groups excluding carboxylic acids is 1. The Bertz CT molecular complexity index is 451. The summed E-state index contributed by atoms with van der Waals surface area (Å²) in [6.45, 7) is 3.81. The summed E-state index contributed by atoms with van der Waals surface area (Å²) >= 11 is 6.04. The Morgan fingerprint density at radius 1 is 1.59 bits per heavy atom. The molecule has 0 aliphatic heterocycles. The van der Waals surface area contributed by atoms with Crippen molar-refractivity contribution in [2.24, 2.45) is 0 Å². The lowest BCUT2D eigenvalue weighted by molar-refractivity contribution is -0.116. The highest BCUT2D eigenvalue weighted by Crippen LogP contribution is 2.31. The zero-order chi connectivity index (χ0) is 12.8. The van der Waals surface area contributed by atoms with Crippen molar-refractivity contribution in [2.75, 3.05) is 6.61 Å². The number of alkyl halides is 1. The van der Waals surface area contributed by atoms with Crippen molar-refractivity contribution in [1.82, 2.24) is 0 Å². The van der Waals surface area contributed by atoms with Gasteiger partial charge < -0.3 is 4.74 Å². The van der Waals surface area contributed by atoms with Crippen LogP contribution in [0.25, 0.3) is 0 Å². The molecule has 0 bridgehead atoms. The second-order valence-corrected chi connectivity index (χ2v) is 4.00. The van der Waals surface area contributed by atoms with Crippen molar-refractivity contribution < 1.29 is 9.53 Å². The SMILES string of the molecule is CCOc1cccc(C(Cl)C(C)=O)c1CC#N. The van der Waals surface area contributed by atoms with Gasteiger partial charge in [-0.15, -0.1) is 11.6 Å². The van der Waals surface area contributed by atoms with Crippen LogP contribution >= 0.6 is 11.6 Å². The summed E-state index contributed by atoms with van der Waals surface area (Å²) < 4.78 is 5.44. The molecule has 0 aliphatic carbocycles. The number of ether oxygens (including phenoxy) is 1. The van der Waals surface area contributed by atoms with Gasteiger partial charge in [0.1, 0.15) is 11.1 Å². The zero-order valence-corrected chi connectivity index (χ0v) is 10.6. The number of rotatable bonds is 5. The predicted octanol–water partition coefficient (Wildman–Crippen LogP) is 3.02. The lowest BCUT2D eigenvalue weighted by Crippen LogP contribution is -2.07. The topological polar surface area (TPSA) is 50.1 Å². The van der Waals surface area contributed by atoms with Crippen LogP contribution in [0, 0.1) is 11.3 Å². The quantitative estimate of drug-likeness (QED) is 0.756. The molecule has 0 aromatic heterocycles. The Morgan fingerprint density at radius 3 is 2.82 bits per heavy atom. The number of ketones is 1. The van der Waals surface area contributed by atoms with Crippen molar-refractivity contribution >= 4 is 17.4 Å². The summed E-state index contributed by atoms with van der Waals surface area (Å²) in [6, 6.07) is 7.38. The smallest absolute Gasteiger partial charge is 0.152 e. The lowest BCUT2D eigenvalue weighted by atomic mass is 9.99. The third kappa shape index (κ3) is 3.21. The van der Waals surface area contributed by atoms with Crippen molar-refractivity contribution in [2.45, 2.75) is 25.6 Å². The number of Topliss-reactive ketones (excluding diaryl/α,β-unsaturated/α-hetero) is 1. The molecule has 1 aromatic rings. The van der Waals surface area contributed by atoms with E-state index in [1.165, 1.54) is 6.92 Å². The standard InChI is InChI=1S/C13H14ClNO2/c1-3-17-12-6-4-5-11(10(12)7-8-15)13(14)9(2)16/h4-6,13H,3,7H2,1-2H3. The Balaban J connectivity index is 3.24. The average Bonchev–Trinajstić information content (AvgIpc) is 2.31. The first-order valence-electron chi connectivity index (χ1n) is 5.37. The fourth-order valence-electron chi connectivity index (χ4n) is 1.60. The highest BCUT2D eigenvalue weighted by molar-refractivity contribution is 6.30. The monoisotopic (exact) mass is 251 g/mol. The third-order valence-corrected chi connectivity index (χ3v) is 2.90. The molecule has 1 aromatic carbocycles. The van der Waals surface area contributed by atoms with Gasteiger partial charge in [-0.1, -0.05) is 12.1 Å². The van der Waals surface area contributed by atoms with Gasteiger partial charge in [0.2, 0.25) is 0 Å². The number of hydrogen-bond acceptors (Lipinski definition) is 3. The van der Waals surface area contributed by atoms with E-state index in [2.05, 4.69) is 6.07 Å². The van der Waals surface area contributed by atoms with Crippen LogP contribution in [0.15, 0.2) is 18.2 Å². The van der Waals surface area contributed by atoms with Gasteiger partial charge in [-0.25, -0.2) is 0 Å². The van der Waals surface area contributed by atoms with Crippen molar-refractivity contribution in [1.29, 1.82) is 5.26 Å². The molecule has 0 aliphatic rings. The van der Waals surface area contributed by atoms with Crippen LogP contribution in [0.1, 0.15) is 30.4 Å². The van der Waals surface area contributed by atoms with E-state index >= 15 is 0 Å². The second-order valence-electron chi connectivity index (χ2n) is 3.57. The van der Waals surface area contributed by atoms with Gasteiger partial charge in [0, 0.05) is 5.56 Å². The molecule has 0 saturated heterocycles. The molecule has 0 heterocycles. The fraction of sp³-hybridized carbons (Fsp3) is 0.385. The van der Waals surface area contributed by atoms with E-state index in [9.17, 15) is 4.79 Å². The molecule has 4 heteroatoms. The molecule has 0 spiro atoms. The van der Waals surface area contributed by atoms with E-state index in [0.29, 0.717) is 23.5 Å². The molecule has 0 radical (unpaired) electrons. The maximum Gasteiger partial charge on any atom is 0.152 e. The lowest BCUT2D eigenvalue weighted by Gasteiger charge is -2.15. The third-order valence-electron chi connectivity index (χ3n) is 2.35. The maximum absolute atomic E-state index is 11.3. The number of carbonyl (C=O) groups is 1. The molecule has 90 valence electrons. The molecule has 1 atom stereocenters. The molecule has 17 heavy (non-hydrogen) atoms. The van der Waals surface area contributed by atoms with Crippen molar-refractivity contribution in [3.8, 4) is 11.8 Å². The van der Waals surface area contributed by atoms with E-state index in [1.54, 1.807) is 18.2 Å². The first-order chi connectivity index (χ1) is 8.11. The van der Waals surface area contributed by atoms with E-state index in [-0.39, 0.29) is 12.2 Å². The number of hydrogen-bond donors (Lipinski definition) is 0. The van der Waals surface area contributed by atoms with Crippen LogP contribution in [0.2, 0.25) is 0 Å². The van der Waals surface area contributed by atoms with Gasteiger partial charge >= 0.3 is 0 Å². The summed E-state index contributed by atoms with van der Waals surface area (Å²) in [5.41, 5.74) is 1.36. The highest BCUT2D eigenvalue weighted by atomic mass is 35.5. The molecular formula is C13H14ClNO2. The summed E-state index contributed by atoms with van der Waals surface area (Å²) in [5, 5.41) is 8.10. The summed E-state index contributed by atoms with van der Waals surface area (Å²) in [7, 11) is 0. The number of benzene rings is 1. The van der Waals surface area contributed by atoms with Crippen LogP contribution < -0.4 is 4.74 Å². The van der Waals surface area contributed by atoms with Crippen LogP contribution in [0.4, 0.5) is 0 Å². The van der Waals surface area contributed by atoms with E-state index in [0.717, 1.165) is 0 Å². The molecule has 0 N–H and O–H groups in total. The van der Waals surface area contributed by atoms with Crippen molar-refractivity contribution in [3.05, 3.63) is 29.3 Å². The van der Waals surface area contributed by atoms with E-state index in [4.69, 9.17) is 21.6 Å². The van der Waals surface area contributed by atoms with Crippen LogP contribution in [-0.2, 0) is 11.2 Å². The summed E-state index contributed by atoms with van der Waals surface area (Å²) in [5.74, 6) is 0.484. The number of nitrogens with zero attached hydrogens (tertiary/aromatic N) is 1.